The molecule has 1 aromatic carbocycles. The van der Waals surface area contributed by atoms with E-state index in [1.54, 1.807) is 4.90 Å². The van der Waals surface area contributed by atoms with Crippen LogP contribution in [0.4, 0.5) is 0 Å². The number of carbonyl (C=O) groups is 3. The molecule has 4 rings (SSSR count). The van der Waals surface area contributed by atoms with Gasteiger partial charge in [-0.05, 0) is 43.2 Å². The molecule has 1 N–H and O–H groups in total. The molecule has 27 heavy (non-hydrogen) atoms. The fraction of sp³-hybridized carbons (Fsp3) is 0.524. The lowest BCUT2D eigenvalue weighted by Gasteiger charge is -2.30. The molecule has 142 valence electrons. The van der Waals surface area contributed by atoms with E-state index >= 15 is 0 Å². The second kappa shape index (κ2) is 7.60. The molecule has 0 aromatic heterocycles. The Balaban J connectivity index is 1.52. The van der Waals surface area contributed by atoms with Gasteiger partial charge in [0.1, 0.15) is 18.1 Å². The number of rotatable bonds is 4. The first-order chi connectivity index (χ1) is 13.1. The third-order valence-corrected chi connectivity index (χ3v) is 6.64. The number of fused-ring (bicyclic) bond motifs is 1. The Hall–Kier alpha value is -1.92. The molecule has 5 nitrogen and oxygen atoms in total. The number of aldehydes is 1. The number of nitrogens with zero attached hydrogens (tertiary/aromatic N) is 1. The van der Waals surface area contributed by atoms with E-state index in [2.05, 4.69) is 17.4 Å². The minimum atomic E-state index is -0.622. The second-order valence-electron chi connectivity index (χ2n) is 7.79. The van der Waals surface area contributed by atoms with Crippen molar-refractivity contribution in [3.05, 3.63) is 35.4 Å². The summed E-state index contributed by atoms with van der Waals surface area (Å²) in [5.41, 5.74) is 2.54. The number of benzene rings is 1. The van der Waals surface area contributed by atoms with Crippen LogP contribution in [0.25, 0.3) is 0 Å². The zero-order chi connectivity index (χ0) is 19.0. The van der Waals surface area contributed by atoms with E-state index in [-0.39, 0.29) is 23.7 Å². The van der Waals surface area contributed by atoms with E-state index in [0.717, 1.165) is 32.0 Å². The maximum Gasteiger partial charge on any atom is 0.241 e. The lowest BCUT2D eigenvalue weighted by Crippen LogP contribution is -2.51. The summed E-state index contributed by atoms with van der Waals surface area (Å²) < 4.78 is 0. The van der Waals surface area contributed by atoms with E-state index in [9.17, 15) is 14.4 Å². The molecule has 0 bridgehead atoms. The van der Waals surface area contributed by atoms with E-state index in [1.165, 1.54) is 11.1 Å². The third-order valence-electron chi connectivity index (χ3n) is 6.24. The summed E-state index contributed by atoms with van der Waals surface area (Å²) in [4.78, 5) is 39.9. The zero-order valence-electron chi connectivity index (χ0n) is 15.2. The molecule has 2 fully saturated rings. The van der Waals surface area contributed by atoms with Crippen LogP contribution >= 0.6 is 12.2 Å². The van der Waals surface area contributed by atoms with Crippen LogP contribution in [0.5, 0.6) is 0 Å². The average molecular weight is 385 g/mol. The van der Waals surface area contributed by atoms with Gasteiger partial charge < -0.3 is 15.0 Å². The van der Waals surface area contributed by atoms with Gasteiger partial charge in [-0.15, -0.1) is 0 Å². The number of amides is 1. The van der Waals surface area contributed by atoms with Crippen LogP contribution in [0, 0.1) is 11.8 Å². The Morgan fingerprint density at radius 3 is 2.74 bits per heavy atom. The Morgan fingerprint density at radius 1 is 1.19 bits per heavy atom. The summed E-state index contributed by atoms with van der Waals surface area (Å²) in [6.45, 7) is 0.982. The van der Waals surface area contributed by atoms with Crippen molar-refractivity contribution >= 4 is 35.1 Å². The largest absolute Gasteiger partial charge is 0.332 e. The summed E-state index contributed by atoms with van der Waals surface area (Å²) in [5.74, 6) is -0.729. The minimum Gasteiger partial charge on any atom is -0.332 e. The molecule has 1 aromatic rings. The topological polar surface area (TPSA) is 66.5 Å². The van der Waals surface area contributed by atoms with Crippen molar-refractivity contribution in [2.75, 3.05) is 13.1 Å². The van der Waals surface area contributed by atoms with Crippen LogP contribution in [0.15, 0.2) is 24.3 Å². The van der Waals surface area contributed by atoms with Crippen LogP contribution < -0.4 is 5.32 Å². The number of thiocarbonyl (C=S) groups is 1. The highest BCUT2D eigenvalue weighted by molar-refractivity contribution is 7.80. The number of ketones is 1. The van der Waals surface area contributed by atoms with Gasteiger partial charge in [-0.3, -0.25) is 9.59 Å². The summed E-state index contributed by atoms with van der Waals surface area (Å²) in [6.07, 6.45) is 4.77. The molecule has 2 heterocycles. The molecule has 1 aliphatic carbocycles. The van der Waals surface area contributed by atoms with E-state index in [1.807, 2.05) is 12.1 Å². The standard InChI is InChI=1S/C21H24N2O3S/c24-12-16-6-3-9-23(16)21(26)19-18(17(27)11-22-19)20(25)15-8-7-13-4-1-2-5-14(13)10-15/h1-2,4-5,12,15-16,18-19,22H,3,6-11H2/t15-,16-,18?,19-/m0/s1. The molecule has 0 radical (unpaired) electrons. The van der Waals surface area contributed by atoms with Crippen LogP contribution in [-0.2, 0) is 27.2 Å². The monoisotopic (exact) mass is 384 g/mol. The quantitative estimate of drug-likeness (QED) is 0.630. The van der Waals surface area contributed by atoms with E-state index in [4.69, 9.17) is 12.2 Å². The predicted octanol–water partition coefficient (Wildman–Crippen LogP) is 1.51. The Kier molecular flexibility index (Phi) is 5.19. The van der Waals surface area contributed by atoms with Gasteiger partial charge in [0.2, 0.25) is 5.91 Å². The Labute approximate surface area is 164 Å². The summed E-state index contributed by atoms with van der Waals surface area (Å²) in [5, 5.41) is 3.15. The van der Waals surface area contributed by atoms with Crippen LogP contribution in [-0.4, -0.2) is 52.9 Å². The van der Waals surface area contributed by atoms with Crippen molar-refractivity contribution in [1.29, 1.82) is 0 Å². The Bertz CT molecular complexity index is 793. The lowest BCUT2D eigenvalue weighted by molar-refractivity contribution is -0.139. The van der Waals surface area contributed by atoms with Gasteiger partial charge in [0.05, 0.1) is 12.0 Å². The van der Waals surface area contributed by atoms with Crippen molar-refractivity contribution in [3.63, 3.8) is 0 Å². The van der Waals surface area contributed by atoms with Crippen LogP contribution in [0.2, 0.25) is 0 Å². The third kappa shape index (κ3) is 3.36. The van der Waals surface area contributed by atoms with Gasteiger partial charge in [0.25, 0.3) is 0 Å². The van der Waals surface area contributed by atoms with Crippen molar-refractivity contribution in [3.8, 4) is 0 Å². The molecular formula is C21H24N2O3S. The number of hydrogen-bond acceptors (Lipinski definition) is 5. The molecule has 6 heteroatoms. The van der Waals surface area contributed by atoms with Gasteiger partial charge in [0.15, 0.2) is 0 Å². The molecule has 1 amide bonds. The lowest BCUT2D eigenvalue weighted by atomic mass is 9.76. The fourth-order valence-electron chi connectivity index (χ4n) is 4.76. The molecule has 4 atom stereocenters. The number of carbonyl (C=O) groups excluding carboxylic acids is 3. The molecule has 2 aliphatic heterocycles. The van der Waals surface area contributed by atoms with Crippen molar-refractivity contribution in [2.45, 2.75) is 44.2 Å². The summed E-state index contributed by atoms with van der Waals surface area (Å²) in [7, 11) is 0. The van der Waals surface area contributed by atoms with Gasteiger partial charge in [-0.1, -0.05) is 36.5 Å². The van der Waals surface area contributed by atoms with Gasteiger partial charge >= 0.3 is 0 Å². The first-order valence-electron chi connectivity index (χ1n) is 9.72. The first-order valence-corrected chi connectivity index (χ1v) is 10.1. The average Bonchev–Trinajstić information content (AvgIpc) is 3.33. The zero-order valence-corrected chi connectivity index (χ0v) is 16.0. The van der Waals surface area contributed by atoms with E-state index in [0.29, 0.717) is 24.4 Å². The fourth-order valence-corrected chi connectivity index (χ4v) is 5.09. The number of Topliss-reactive ketones (excluding diaryl/α,β-unsaturated/α-hetero) is 1. The number of aryl methyl sites for hydroxylation is 1. The SMILES string of the molecule is O=C[C@@H]1CCCN1C(=O)[C@H]1NCC(=S)C1C(=O)[C@H]1CCc2ccccc2C1. The van der Waals surface area contributed by atoms with Crippen LogP contribution in [0.1, 0.15) is 30.4 Å². The number of hydrogen-bond donors (Lipinski definition) is 1. The predicted molar refractivity (Wildman–Crippen MR) is 106 cm³/mol. The highest BCUT2D eigenvalue weighted by Crippen LogP contribution is 2.31. The minimum absolute atomic E-state index is 0.0831. The van der Waals surface area contributed by atoms with Crippen molar-refractivity contribution < 1.29 is 14.4 Å². The summed E-state index contributed by atoms with van der Waals surface area (Å²) >= 11 is 5.47. The Morgan fingerprint density at radius 2 is 1.96 bits per heavy atom. The summed E-state index contributed by atoms with van der Waals surface area (Å²) in [6, 6.07) is 7.25. The second-order valence-corrected chi connectivity index (χ2v) is 8.32. The highest BCUT2D eigenvalue weighted by atomic mass is 32.1. The number of nitrogens with one attached hydrogen (secondary N) is 1. The molecule has 2 saturated heterocycles. The molecular weight excluding hydrogens is 360 g/mol. The van der Waals surface area contributed by atoms with Crippen LogP contribution in [0.3, 0.4) is 0 Å². The molecule has 1 unspecified atom stereocenters. The van der Waals surface area contributed by atoms with Crippen molar-refractivity contribution in [1.82, 2.24) is 10.2 Å². The van der Waals surface area contributed by atoms with Gasteiger partial charge in [-0.25, -0.2) is 0 Å². The highest BCUT2D eigenvalue weighted by Gasteiger charge is 2.46. The smallest absolute Gasteiger partial charge is 0.241 e. The van der Waals surface area contributed by atoms with Crippen molar-refractivity contribution in [2.24, 2.45) is 11.8 Å². The first kappa shape index (κ1) is 18.4. The maximum absolute atomic E-state index is 13.3. The van der Waals surface area contributed by atoms with Gasteiger partial charge in [-0.2, -0.15) is 0 Å². The molecule has 3 aliphatic rings. The van der Waals surface area contributed by atoms with Gasteiger partial charge in [0, 0.05) is 23.9 Å². The van der Waals surface area contributed by atoms with E-state index < -0.39 is 12.0 Å². The molecule has 0 saturated carbocycles. The normalized spacial score (nSPS) is 30.2. The molecule has 0 spiro atoms. The maximum atomic E-state index is 13.3. The number of likely N-dealkylation sites (tertiary alicyclic amines) is 1.